The minimum Gasteiger partial charge on any atom is -0.356 e. The molecule has 0 unspecified atom stereocenters. The molecule has 1 amide bonds. The van der Waals surface area contributed by atoms with Gasteiger partial charge in [0, 0.05) is 13.0 Å². The predicted octanol–water partition coefficient (Wildman–Crippen LogP) is 14.0. The van der Waals surface area contributed by atoms with Gasteiger partial charge in [-0.05, 0) is 38.5 Å². The summed E-state index contributed by atoms with van der Waals surface area (Å²) in [4.78, 5) is 12.1. The smallest absolute Gasteiger partial charge is 0.219 e. The van der Waals surface area contributed by atoms with Gasteiger partial charge in [-0.25, -0.2) is 0 Å². The van der Waals surface area contributed by atoms with Crippen molar-refractivity contribution < 1.29 is 4.79 Å². The Balaban J connectivity index is 3.17. The van der Waals surface area contributed by atoms with Crippen LogP contribution in [0.1, 0.15) is 232 Å². The van der Waals surface area contributed by atoms with Crippen LogP contribution in [0.15, 0.2) is 12.2 Å². The summed E-state index contributed by atoms with van der Waals surface area (Å²) in [7, 11) is 0. The summed E-state index contributed by atoms with van der Waals surface area (Å²) < 4.78 is 0. The van der Waals surface area contributed by atoms with E-state index in [9.17, 15) is 4.79 Å². The van der Waals surface area contributed by atoms with Crippen LogP contribution in [0.5, 0.6) is 0 Å². The molecule has 0 aromatic carbocycles. The fraction of sp³-hybridized carbons (Fsp3) is 0.925. The van der Waals surface area contributed by atoms with Gasteiger partial charge in [0.05, 0.1) is 0 Å². The van der Waals surface area contributed by atoms with Crippen LogP contribution in [-0.2, 0) is 4.79 Å². The fourth-order valence-electron chi connectivity index (χ4n) is 6.05. The Kier molecular flexibility index (Phi) is 37.5. The quantitative estimate of drug-likeness (QED) is 0.0571. The summed E-state index contributed by atoms with van der Waals surface area (Å²) in [5.74, 6) is 0.269. The summed E-state index contributed by atoms with van der Waals surface area (Å²) in [6.45, 7) is 5.46. The molecule has 1 N–H and O–H groups in total. The standard InChI is InChI=1S/C40H79NO/c1-3-5-7-9-11-13-15-17-19-20-21-22-23-25-27-29-31-33-35-37-39-41-40(42)38-36-34-32-30-28-26-24-18-16-14-12-10-8-6-4-2/h18,24H,3-17,19-23,25-39H2,1-2H3,(H,41,42)/b24-18-. The van der Waals surface area contributed by atoms with E-state index in [2.05, 4.69) is 31.3 Å². The van der Waals surface area contributed by atoms with E-state index in [1.54, 1.807) is 0 Å². The zero-order valence-corrected chi connectivity index (χ0v) is 29.3. The Bertz CT molecular complexity index is 528. The van der Waals surface area contributed by atoms with Crippen LogP contribution < -0.4 is 5.32 Å². The lowest BCUT2D eigenvalue weighted by molar-refractivity contribution is -0.121. The molecule has 0 aromatic heterocycles. The number of hydrogen-bond donors (Lipinski definition) is 1. The number of carbonyl (C=O) groups excluding carboxylic acids is 1. The maximum atomic E-state index is 12.1. The molecule has 0 aromatic rings. The number of nitrogens with one attached hydrogen (secondary N) is 1. The first-order valence-electron chi connectivity index (χ1n) is 19.7. The van der Waals surface area contributed by atoms with E-state index < -0.39 is 0 Å². The molecule has 0 saturated heterocycles. The van der Waals surface area contributed by atoms with E-state index in [1.807, 2.05) is 0 Å². The van der Waals surface area contributed by atoms with Gasteiger partial charge >= 0.3 is 0 Å². The summed E-state index contributed by atoms with van der Waals surface area (Å²) in [5.41, 5.74) is 0. The van der Waals surface area contributed by atoms with Gasteiger partial charge in [0.2, 0.25) is 5.91 Å². The van der Waals surface area contributed by atoms with Crippen molar-refractivity contribution in [1.29, 1.82) is 0 Å². The Labute approximate surface area is 266 Å². The zero-order valence-electron chi connectivity index (χ0n) is 29.3. The van der Waals surface area contributed by atoms with E-state index in [0.717, 1.165) is 25.8 Å². The number of hydrogen-bond acceptors (Lipinski definition) is 1. The van der Waals surface area contributed by atoms with Gasteiger partial charge in [-0.3, -0.25) is 4.79 Å². The van der Waals surface area contributed by atoms with Crippen molar-refractivity contribution in [3.63, 3.8) is 0 Å². The predicted molar refractivity (Wildman–Crippen MR) is 190 cm³/mol. The van der Waals surface area contributed by atoms with Gasteiger partial charge in [0.1, 0.15) is 0 Å². The Morgan fingerprint density at radius 3 is 1.02 bits per heavy atom. The normalized spacial score (nSPS) is 11.6. The molecule has 0 atom stereocenters. The van der Waals surface area contributed by atoms with E-state index in [0.29, 0.717) is 0 Å². The average Bonchev–Trinajstić information content (AvgIpc) is 3.00. The monoisotopic (exact) mass is 590 g/mol. The molecule has 0 fully saturated rings. The lowest BCUT2D eigenvalue weighted by Crippen LogP contribution is -2.23. The molecule has 2 nitrogen and oxygen atoms in total. The topological polar surface area (TPSA) is 29.1 Å². The van der Waals surface area contributed by atoms with Gasteiger partial charge in [-0.15, -0.1) is 0 Å². The van der Waals surface area contributed by atoms with Gasteiger partial charge in [0.15, 0.2) is 0 Å². The van der Waals surface area contributed by atoms with Crippen LogP contribution >= 0.6 is 0 Å². The number of unbranched alkanes of at least 4 members (excludes halogenated alkanes) is 30. The molecule has 42 heavy (non-hydrogen) atoms. The second kappa shape index (κ2) is 38.2. The Morgan fingerprint density at radius 1 is 0.381 bits per heavy atom. The van der Waals surface area contributed by atoms with Crippen molar-refractivity contribution in [3.8, 4) is 0 Å². The lowest BCUT2D eigenvalue weighted by Gasteiger charge is -2.06. The molecule has 250 valence electrons. The van der Waals surface area contributed by atoms with Crippen molar-refractivity contribution in [1.82, 2.24) is 5.32 Å². The highest BCUT2D eigenvalue weighted by atomic mass is 16.1. The van der Waals surface area contributed by atoms with Crippen LogP contribution in [0.2, 0.25) is 0 Å². The van der Waals surface area contributed by atoms with E-state index in [-0.39, 0.29) is 5.91 Å². The zero-order chi connectivity index (χ0) is 30.4. The molecule has 0 radical (unpaired) electrons. The summed E-state index contributed by atoms with van der Waals surface area (Å²) in [6, 6.07) is 0. The summed E-state index contributed by atoms with van der Waals surface area (Å²) >= 11 is 0. The van der Waals surface area contributed by atoms with E-state index >= 15 is 0 Å². The van der Waals surface area contributed by atoms with E-state index in [4.69, 9.17) is 0 Å². The number of allylic oxidation sites excluding steroid dienone is 2. The highest BCUT2D eigenvalue weighted by Gasteiger charge is 2.01. The van der Waals surface area contributed by atoms with Crippen molar-refractivity contribution >= 4 is 5.91 Å². The van der Waals surface area contributed by atoms with Gasteiger partial charge in [0.25, 0.3) is 0 Å². The lowest BCUT2D eigenvalue weighted by atomic mass is 10.0. The van der Waals surface area contributed by atoms with Gasteiger partial charge in [-0.2, -0.15) is 0 Å². The van der Waals surface area contributed by atoms with Crippen molar-refractivity contribution in [3.05, 3.63) is 12.2 Å². The first kappa shape index (κ1) is 41.2. The fourth-order valence-corrected chi connectivity index (χ4v) is 6.05. The van der Waals surface area contributed by atoms with E-state index in [1.165, 1.54) is 199 Å². The molecule has 0 saturated carbocycles. The minimum absolute atomic E-state index is 0.269. The van der Waals surface area contributed by atoms with Crippen LogP contribution in [0, 0.1) is 0 Å². The second-order valence-corrected chi connectivity index (χ2v) is 13.4. The van der Waals surface area contributed by atoms with Crippen LogP contribution in [0.3, 0.4) is 0 Å². The third kappa shape index (κ3) is 37.2. The first-order valence-corrected chi connectivity index (χ1v) is 19.7. The van der Waals surface area contributed by atoms with Crippen LogP contribution in [-0.4, -0.2) is 12.5 Å². The Hall–Kier alpha value is -0.790. The third-order valence-corrected chi connectivity index (χ3v) is 9.02. The van der Waals surface area contributed by atoms with Crippen LogP contribution in [0.4, 0.5) is 0 Å². The molecular weight excluding hydrogens is 510 g/mol. The Morgan fingerprint density at radius 2 is 0.667 bits per heavy atom. The number of rotatable bonds is 36. The van der Waals surface area contributed by atoms with Crippen LogP contribution in [0.25, 0.3) is 0 Å². The SMILES string of the molecule is CCCCCCCC/C=C\CCCCCCCC(=O)NCCCCCCCCCCCCCCCCCCCCCC. The highest BCUT2D eigenvalue weighted by Crippen LogP contribution is 2.15. The summed E-state index contributed by atoms with van der Waals surface area (Å²) in [6.07, 6.45) is 50.7. The molecule has 0 aliphatic carbocycles. The van der Waals surface area contributed by atoms with Gasteiger partial charge in [-0.1, -0.05) is 199 Å². The molecule has 0 aliphatic heterocycles. The molecule has 0 spiro atoms. The largest absolute Gasteiger partial charge is 0.356 e. The molecule has 0 aliphatic rings. The molecule has 0 bridgehead atoms. The average molecular weight is 590 g/mol. The maximum Gasteiger partial charge on any atom is 0.219 e. The first-order chi connectivity index (χ1) is 20.8. The number of amides is 1. The van der Waals surface area contributed by atoms with Crippen molar-refractivity contribution in [2.24, 2.45) is 0 Å². The minimum atomic E-state index is 0.269. The molecule has 0 rings (SSSR count). The summed E-state index contributed by atoms with van der Waals surface area (Å²) in [5, 5.41) is 3.14. The molecular formula is C40H79NO. The molecule has 2 heteroatoms. The molecule has 0 heterocycles. The maximum absolute atomic E-state index is 12.1. The van der Waals surface area contributed by atoms with Gasteiger partial charge < -0.3 is 5.32 Å². The second-order valence-electron chi connectivity index (χ2n) is 13.4. The highest BCUT2D eigenvalue weighted by molar-refractivity contribution is 5.75. The van der Waals surface area contributed by atoms with Crippen molar-refractivity contribution in [2.75, 3.05) is 6.54 Å². The van der Waals surface area contributed by atoms with Crippen molar-refractivity contribution in [2.45, 2.75) is 232 Å². The number of carbonyl (C=O) groups is 1. The third-order valence-electron chi connectivity index (χ3n) is 9.02.